The highest BCUT2D eigenvalue weighted by atomic mass is 127. The lowest BCUT2D eigenvalue weighted by Gasteiger charge is -2.06. The second-order valence-corrected chi connectivity index (χ2v) is 5.79. The number of nitrogens with one attached hydrogen (secondary N) is 1. The average Bonchev–Trinajstić information content (AvgIpc) is 2.32. The van der Waals surface area contributed by atoms with Crippen molar-refractivity contribution in [2.45, 2.75) is 31.0 Å². The normalized spacial score (nSPS) is 10.7. The number of hydrogen-bond donors (Lipinski definition) is 1. The summed E-state index contributed by atoms with van der Waals surface area (Å²) in [7, 11) is 0. The molecule has 0 aliphatic carbocycles. The summed E-state index contributed by atoms with van der Waals surface area (Å²) in [5.41, 5.74) is 2.84. The highest BCUT2D eigenvalue weighted by Crippen LogP contribution is 2.26. The summed E-state index contributed by atoms with van der Waals surface area (Å²) in [5.74, 6) is 0. The van der Waals surface area contributed by atoms with E-state index in [1.54, 1.807) is 0 Å². The van der Waals surface area contributed by atoms with Crippen LogP contribution in [0.25, 0.3) is 0 Å². The van der Waals surface area contributed by atoms with Crippen molar-refractivity contribution >= 4 is 34.4 Å². The maximum Gasteiger partial charge on any atom is 0.265 e. The van der Waals surface area contributed by atoms with Crippen molar-refractivity contribution < 1.29 is 0 Å². The fraction of sp³-hybridized carbons (Fsp3) is 0.273. The smallest absolute Gasteiger partial charge is 0.265 e. The molecule has 0 saturated carbocycles. The Bertz CT molecular complexity index is 633. The van der Waals surface area contributed by atoms with Crippen LogP contribution in [0.3, 0.4) is 0 Å². The average molecular weight is 374 g/mol. The maximum atomic E-state index is 11.5. The number of hydrogen-bond acceptors (Lipinski definition) is 5. The van der Waals surface area contributed by atoms with Crippen molar-refractivity contribution in [3.63, 3.8) is 0 Å². The molecule has 2 rings (SSSR count). The Morgan fingerprint density at radius 2 is 1.83 bits per heavy atom. The second-order valence-electron chi connectivity index (χ2n) is 3.75. The van der Waals surface area contributed by atoms with Crippen LogP contribution < -0.4 is 5.56 Å². The summed E-state index contributed by atoms with van der Waals surface area (Å²) in [6, 6.07) is 0. The van der Waals surface area contributed by atoms with E-state index < -0.39 is 0 Å². The van der Waals surface area contributed by atoms with Crippen LogP contribution in [-0.4, -0.2) is 19.9 Å². The van der Waals surface area contributed by atoms with Gasteiger partial charge in [-0.1, -0.05) is 0 Å². The quantitative estimate of drug-likeness (QED) is 0.496. The van der Waals surface area contributed by atoms with Gasteiger partial charge >= 0.3 is 0 Å². The van der Waals surface area contributed by atoms with Crippen LogP contribution in [0.15, 0.2) is 21.3 Å². The van der Waals surface area contributed by atoms with E-state index in [1.807, 2.05) is 43.4 Å². The Kier molecular flexibility index (Phi) is 4.00. The van der Waals surface area contributed by atoms with Crippen molar-refractivity contribution in [1.29, 1.82) is 0 Å². The minimum atomic E-state index is -0.145. The molecule has 0 fully saturated rings. The molecule has 0 aliphatic heterocycles. The van der Waals surface area contributed by atoms with Gasteiger partial charge in [-0.15, -0.1) is 0 Å². The van der Waals surface area contributed by atoms with Gasteiger partial charge in [-0.05, 0) is 60.7 Å². The Hall–Kier alpha value is -0.960. The summed E-state index contributed by atoms with van der Waals surface area (Å²) in [5, 5.41) is 1.24. The number of rotatable bonds is 2. The monoisotopic (exact) mass is 374 g/mol. The van der Waals surface area contributed by atoms with Crippen LogP contribution in [0, 0.1) is 24.3 Å². The number of aromatic amines is 1. The number of aryl methyl sites for hydroxylation is 2. The van der Waals surface area contributed by atoms with Gasteiger partial charge in [-0.25, -0.2) is 15.0 Å². The van der Waals surface area contributed by atoms with Gasteiger partial charge in [0.25, 0.3) is 5.56 Å². The third-order valence-corrected chi connectivity index (χ3v) is 4.80. The highest BCUT2D eigenvalue weighted by molar-refractivity contribution is 14.1. The Labute approximate surface area is 122 Å². The fourth-order valence-electron chi connectivity index (χ4n) is 1.31. The summed E-state index contributed by atoms with van der Waals surface area (Å²) in [6.45, 7) is 5.89. The molecule has 0 bridgehead atoms. The summed E-state index contributed by atoms with van der Waals surface area (Å²) in [6.07, 6.45) is 1.39. The van der Waals surface area contributed by atoms with Gasteiger partial charge in [0.05, 0.1) is 6.33 Å². The molecular formula is C11H11IN4OS. The minimum Gasteiger partial charge on any atom is -0.312 e. The van der Waals surface area contributed by atoms with E-state index in [0.717, 1.165) is 17.0 Å². The first-order valence-electron chi connectivity index (χ1n) is 5.22. The maximum absolute atomic E-state index is 11.5. The molecule has 7 heteroatoms. The van der Waals surface area contributed by atoms with E-state index in [2.05, 4.69) is 19.9 Å². The van der Waals surface area contributed by atoms with Crippen LogP contribution in [0.2, 0.25) is 0 Å². The zero-order valence-corrected chi connectivity index (χ0v) is 13.1. The molecule has 2 aromatic rings. The largest absolute Gasteiger partial charge is 0.312 e. The van der Waals surface area contributed by atoms with E-state index in [0.29, 0.717) is 13.8 Å². The number of aromatic nitrogens is 4. The molecule has 0 aromatic carbocycles. The highest BCUT2D eigenvalue weighted by Gasteiger charge is 2.11. The van der Waals surface area contributed by atoms with Crippen LogP contribution in [0.1, 0.15) is 17.0 Å². The number of halogens is 1. The molecule has 1 N–H and O–H groups in total. The lowest BCUT2D eigenvalue weighted by atomic mass is 10.2. The van der Waals surface area contributed by atoms with Gasteiger partial charge in [0.15, 0.2) is 5.16 Å². The van der Waals surface area contributed by atoms with Gasteiger partial charge in [0.2, 0.25) is 0 Å². The van der Waals surface area contributed by atoms with Gasteiger partial charge in [0.1, 0.15) is 8.60 Å². The first-order valence-corrected chi connectivity index (χ1v) is 7.11. The third kappa shape index (κ3) is 2.72. The summed E-state index contributed by atoms with van der Waals surface area (Å²) >= 11 is 3.28. The van der Waals surface area contributed by atoms with Gasteiger partial charge in [-0.2, -0.15) is 0 Å². The van der Waals surface area contributed by atoms with E-state index >= 15 is 0 Å². The zero-order valence-electron chi connectivity index (χ0n) is 10.1. The summed E-state index contributed by atoms with van der Waals surface area (Å²) in [4.78, 5) is 26.9. The van der Waals surface area contributed by atoms with Crippen molar-refractivity contribution in [2.24, 2.45) is 0 Å². The van der Waals surface area contributed by atoms with Gasteiger partial charge in [0, 0.05) is 11.4 Å². The summed E-state index contributed by atoms with van der Waals surface area (Å²) < 4.78 is 0.555. The minimum absolute atomic E-state index is 0.145. The van der Waals surface area contributed by atoms with Gasteiger partial charge in [-0.3, -0.25) is 4.79 Å². The molecule has 0 saturated heterocycles. The molecule has 0 amide bonds. The second kappa shape index (κ2) is 5.35. The van der Waals surface area contributed by atoms with Crippen molar-refractivity contribution in [3.05, 3.63) is 37.2 Å². The van der Waals surface area contributed by atoms with Crippen LogP contribution in [0.5, 0.6) is 0 Å². The molecule has 0 aliphatic rings. The van der Waals surface area contributed by atoms with E-state index in [4.69, 9.17) is 0 Å². The topological polar surface area (TPSA) is 71.5 Å². The molecule has 0 atom stereocenters. The number of H-pyrrole nitrogens is 1. The Morgan fingerprint density at radius 1 is 1.22 bits per heavy atom. The van der Waals surface area contributed by atoms with Gasteiger partial charge < -0.3 is 4.98 Å². The Morgan fingerprint density at radius 3 is 2.44 bits per heavy atom. The molecule has 18 heavy (non-hydrogen) atoms. The number of nitrogens with zero attached hydrogens (tertiary/aromatic N) is 3. The molecule has 5 nitrogen and oxygen atoms in total. The predicted octanol–water partition coefficient (Wildman–Crippen LogP) is 2.24. The fourth-order valence-corrected chi connectivity index (χ4v) is 2.76. The first-order chi connectivity index (χ1) is 8.49. The van der Waals surface area contributed by atoms with Crippen molar-refractivity contribution in [3.8, 4) is 0 Å². The SMILES string of the molecule is Cc1nc(Sc2nc[nH]c(=O)c2I)nc(C)c1C. The van der Waals surface area contributed by atoms with E-state index in [-0.39, 0.29) is 5.56 Å². The lowest BCUT2D eigenvalue weighted by molar-refractivity contribution is 0.875. The van der Waals surface area contributed by atoms with Crippen LogP contribution in [0.4, 0.5) is 0 Å². The molecule has 0 unspecified atom stereocenters. The third-order valence-electron chi connectivity index (χ3n) is 2.56. The molecular weight excluding hydrogens is 363 g/mol. The predicted molar refractivity (Wildman–Crippen MR) is 77.9 cm³/mol. The standard InChI is InChI=1S/C11H11IN4OS/c1-5-6(2)15-11(16-7(5)3)18-10-8(12)9(17)13-4-14-10/h4H,1-3H3,(H,13,14,17). The molecule has 0 radical (unpaired) electrons. The first kappa shape index (κ1) is 13.5. The molecule has 2 heterocycles. The van der Waals surface area contributed by atoms with Crippen LogP contribution in [-0.2, 0) is 0 Å². The Balaban J connectivity index is 2.40. The molecule has 94 valence electrons. The van der Waals surface area contributed by atoms with E-state index in [1.165, 1.54) is 18.1 Å². The zero-order chi connectivity index (χ0) is 13.3. The molecule has 2 aromatic heterocycles. The lowest BCUT2D eigenvalue weighted by Crippen LogP contribution is -2.11. The van der Waals surface area contributed by atoms with Crippen LogP contribution >= 0.6 is 34.4 Å². The van der Waals surface area contributed by atoms with E-state index in [9.17, 15) is 4.79 Å². The van der Waals surface area contributed by atoms with Crippen molar-refractivity contribution in [1.82, 2.24) is 19.9 Å². The molecule has 0 spiro atoms. The van der Waals surface area contributed by atoms with Crippen molar-refractivity contribution in [2.75, 3.05) is 0 Å².